The maximum absolute atomic E-state index is 13.6. The zero-order chi connectivity index (χ0) is 21.8. The zero-order valence-corrected chi connectivity index (χ0v) is 17.1. The maximum atomic E-state index is 13.6. The fourth-order valence-corrected chi connectivity index (χ4v) is 3.52. The molecule has 0 aliphatic carbocycles. The first-order valence-electron chi connectivity index (χ1n) is 10.1. The number of hydrogen-bond acceptors (Lipinski definition) is 6. The van der Waals surface area contributed by atoms with E-state index in [0.717, 1.165) is 22.7 Å². The Balaban J connectivity index is 1.51. The molecule has 4 aromatic rings. The Bertz CT molecular complexity index is 1240. The van der Waals surface area contributed by atoms with Gasteiger partial charge in [0.2, 0.25) is 6.79 Å². The first-order chi connectivity index (χ1) is 15.8. The second-order valence-corrected chi connectivity index (χ2v) is 7.25. The van der Waals surface area contributed by atoms with E-state index in [2.05, 4.69) is 37.2 Å². The van der Waals surface area contributed by atoms with Gasteiger partial charge in [0.1, 0.15) is 17.9 Å². The molecule has 1 N–H and O–H groups in total. The first-order valence-corrected chi connectivity index (χ1v) is 10.1. The minimum Gasteiger partial charge on any atom is -0.462 e. The molecule has 2 aromatic carbocycles. The van der Waals surface area contributed by atoms with Crippen LogP contribution in [-0.2, 0) is 16.0 Å². The largest absolute Gasteiger partial charge is 0.462 e. The molecule has 0 saturated heterocycles. The average molecular weight is 429 g/mol. The van der Waals surface area contributed by atoms with Gasteiger partial charge in [0.05, 0.1) is 12.1 Å². The van der Waals surface area contributed by atoms with E-state index in [-0.39, 0.29) is 12.6 Å². The van der Waals surface area contributed by atoms with Crippen molar-refractivity contribution in [1.29, 1.82) is 0 Å². The summed E-state index contributed by atoms with van der Waals surface area (Å²) in [6.45, 7) is 1.29. The van der Waals surface area contributed by atoms with E-state index in [9.17, 15) is 4.39 Å². The van der Waals surface area contributed by atoms with Crippen LogP contribution in [-0.4, -0.2) is 33.5 Å². The topological polar surface area (TPSA) is 76.2 Å². The highest BCUT2D eigenvalue weighted by molar-refractivity contribution is 5.72. The number of halogens is 1. The number of anilines is 1. The summed E-state index contributed by atoms with van der Waals surface area (Å²) in [7, 11) is 0. The molecule has 3 heterocycles. The highest BCUT2D eigenvalue weighted by Gasteiger charge is 2.21. The summed E-state index contributed by atoms with van der Waals surface area (Å²) in [6.07, 6.45) is 3.36. The molecule has 0 atom stereocenters. The molecule has 0 spiro atoms. The molecule has 0 amide bonds. The van der Waals surface area contributed by atoms with E-state index in [1.807, 2.05) is 30.3 Å². The van der Waals surface area contributed by atoms with E-state index >= 15 is 0 Å². The molecule has 32 heavy (non-hydrogen) atoms. The van der Waals surface area contributed by atoms with Crippen LogP contribution in [0.5, 0.6) is 0 Å². The number of nitrogens with zero attached hydrogens (tertiary/aromatic N) is 4. The second kappa shape index (κ2) is 8.89. The Labute approximate surface area is 184 Å². The predicted molar refractivity (Wildman–Crippen MR) is 118 cm³/mol. The third kappa shape index (κ3) is 4.29. The van der Waals surface area contributed by atoms with Crippen LogP contribution in [0.3, 0.4) is 0 Å². The number of rotatable bonds is 7. The number of ether oxygens (including phenoxy) is 2. The van der Waals surface area contributed by atoms with Gasteiger partial charge in [0, 0.05) is 18.3 Å². The van der Waals surface area contributed by atoms with E-state index in [4.69, 9.17) is 9.47 Å². The van der Waals surface area contributed by atoms with Crippen LogP contribution in [0.2, 0.25) is 0 Å². The molecule has 2 aromatic heterocycles. The molecule has 5 rings (SSSR count). The van der Waals surface area contributed by atoms with Crippen molar-refractivity contribution in [2.24, 2.45) is 0 Å². The summed E-state index contributed by atoms with van der Waals surface area (Å²) in [5.41, 5.74) is 2.50. The van der Waals surface area contributed by atoms with Gasteiger partial charge in [-0.05, 0) is 29.8 Å². The van der Waals surface area contributed by atoms with E-state index in [1.165, 1.54) is 12.1 Å². The quantitative estimate of drug-likeness (QED) is 0.465. The lowest BCUT2D eigenvalue weighted by atomic mass is 10.1. The van der Waals surface area contributed by atoms with Gasteiger partial charge in [-0.3, -0.25) is 5.10 Å². The van der Waals surface area contributed by atoms with Gasteiger partial charge in [0.15, 0.2) is 17.4 Å². The van der Waals surface area contributed by atoms with E-state index < -0.39 is 0 Å². The lowest BCUT2D eigenvalue weighted by Crippen LogP contribution is -2.27. The molecule has 0 radical (unpaired) electrons. The highest BCUT2D eigenvalue weighted by Crippen LogP contribution is 2.30. The SMILES string of the molecule is Fc1cccc(-c2n[nH]c(-c3cccnc3N(CC3=COCO3)Cc3ccccc3)n2)c1. The molecule has 7 nitrogen and oxygen atoms in total. The maximum Gasteiger partial charge on any atom is 0.229 e. The molecule has 0 saturated carbocycles. The van der Waals surface area contributed by atoms with Gasteiger partial charge >= 0.3 is 0 Å². The molecule has 1 aliphatic heterocycles. The second-order valence-electron chi connectivity index (χ2n) is 7.25. The zero-order valence-electron chi connectivity index (χ0n) is 17.1. The van der Waals surface area contributed by atoms with Gasteiger partial charge in [-0.25, -0.2) is 14.4 Å². The lowest BCUT2D eigenvalue weighted by Gasteiger charge is -2.25. The number of pyridine rings is 1. The number of nitrogens with one attached hydrogen (secondary N) is 1. The summed E-state index contributed by atoms with van der Waals surface area (Å²) >= 11 is 0. The summed E-state index contributed by atoms with van der Waals surface area (Å²) in [4.78, 5) is 11.3. The van der Waals surface area contributed by atoms with Crippen LogP contribution in [0.25, 0.3) is 22.8 Å². The number of hydrogen-bond donors (Lipinski definition) is 1. The fourth-order valence-electron chi connectivity index (χ4n) is 3.52. The van der Waals surface area contributed by atoms with Crippen molar-refractivity contribution in [3.05, 3.63) is 96.3 Å². The van der Waals surface area contributed by atoms with Crippen LogP contribution in [0, 0.1) is 5.82 Å². The third-order valence-electron chi connectivity index (χ3n) is 5.00. The summed E-state index contributed by atoms with van der Waals surface area (Å²) < 4.78 is 24.4. The molecular weight excluding hydrogens is 409 g/mol. The Kier molecular flexibility index (Phi) is 5.48. The normalized spacial score (nSPS) is 12.7. The molecule has 8 heteroatoms. The Morgan fingerprint density at radius 1 is 1.00 bits per heavy atom. The number of benzene rings is 2. The lowest BCUT2D eigenvalue weighted by molar-refractivity contribution is 0.0797. The Morgan fingerprint density at radius 3 is 2.72 bits per heavy atom. The van der Waals surface area contributed by atoms with Gasteiger partial charge in [0.25, 0.3) is 0 Å². The Hall–Kier alpha value is -4.20. The van der Waals surface area contributed by atoms with Crippen molar-refractivity contribution < 1.29 is 13.9 Å². The van der Waals surface area contributed by atoms with Crippen LogP contribution in [0.15, 0.2) is 84.9 Å². The predicted octanol–water partition coefficient (Wildman–Crippen LogP) is 4.53. The average Bonchev–Trinajstić information content (AvgIpc) is 3.52. The van der Waals surface area contributed by atoms with Gasteiger partial charge < -0.3 is 14.4 Å². The van der Waals surface area contributed by atoms with E-state index in [1.54, 1.807) is 24.6 Å². The van der Waals surface area contributed by atoms with Crippen molar-refractivity contribution in [1.82, 2.24) is 20.2 Å². The van der Waals surface area contributed by atoms with Crippen LogP contribution < -0.4 is 4.90 Å². The highest BCUT2D eigenvalue weighted by atomic mass is 19.1. The molecule has 1 aliphatic rings. The van der Waals surface area contributed by atoms with Crippen molar-refractivity contribution in [3.63, 3.8) is 0 Å². The Morgan fingerprint density at radius 2 is 1.91 bits per heavy atom. The van der Waals surface area contributed by atoms with Crippen LogP contribution in [0.4, 0.5) is 10.2 Å². The smallest absolute Gasteiger partial charge is 0.229 e. The molecule has 160 valence electrons. The van der Waals surface area contributed by atoms with Crippen molar-refractivity contribution >= 4 is 5.82 Å². The fraction of sp³-hybridized carbons (Fsp3) is 0.125. The van der Waals surface area contributed by atoms with Crippen LogP contribution in [0.1, 0.15) is 5.56 Å². The van der Waals surface area contributed by atoms with Crippen molar-refractivity contribution in [2.45, 2.75) is 6.54 Å². The van der Waals surface area contributed by atoms with E-state index in [0.29, 0.717) is 30.3 Å². The molecule has 0 unspecified atom stereocenters. The number of aromatic nitrogens is 4. The monoisotopic (exact) mass is 429 g/mol. The summed E-state index contributed by atoms with van der Waals surface area (Å²) in [5.74, 6) is 2.06. The minimum absolute atomic E-state index is 0.211. The first kappa shape index (κ1) is 19.7. The standard InChI is InChI=1S/C24H20FN5O2/c25-19-9-4-8-18(12-19)22-27-23(29-28-22)21-10-5-11-26-24(21)30(14-20-15-31-16-32-20)13-17-6-2-1-3-7-17/h1-12,15H,13-14,16H2,(H,27,28,29). The van der Waals surface area contributed by atoms with Crippen LogP contribution >= 0.6 is 0 Å². The summed E-state index contributed by atoms with van der Waals surface area (Å²) in [6, 6.07) is 20.1. The molecule has 0 fully saturated rings. The minimum atomic E-state index is -0.336. The number of aromatic amines is 1. The summed E-state index contributed by atoms with van der Waals surface area (Å²) in [5, 5.41) is 7.26. The number of H-pyrrole nitrogens is 1. The van der Waals surface area contributed by atoms with Gasteiger partial charge in [-0.1, -0.05) is 42.5 Å². The van der Waals surface area contributed by atoms with Gasteiger partial charge in [-0.2, -0.15) is 5.10 Å². The molecule has 0 bridgehead atoms. The van der Waals surface area contributed by atoms with Gasteiger partial charge in [-0.15, -0.1) is 0 Å². The molecular formula is C24H20FN5O2. The van der Waals surface area contributed by atoms with Crippen molar-refractivity contribution in [3.8, 4) is 22.8 Å². The van der Waals surface area contributed by atoms with Crippen molar-refractivity contribution in [2.75, 3.05) is 18.2 Å². The third-order valence-corrected chi connectivity index (χ3v) is 5.00.